The van der Waals surface area contributed by atoms with Crippen LogP contribution in [0.4, 0.5) is 30.6 Å². The summed E-state index contributed by atoms with van der Waals surface area (Å²) >= 11 is 0. The largest absolute Gasteiger partial charge is 0.416 e. The number of alkyl halides is 3. The zero-order chi connectivity index (χ0) is 24.1. The van der Waals surface area contributed by atoms with E-state index in [-0.39, 0.29) is 17.4 Å². The van der Waals surface area contributed by atoms with Crippen molar-refractivity contribution in [3.63, 3.8) is 0 Å². The van der Waals surface area contributed by atoms with Crippen LogP contribution in [0.2, 0.25) is 0 Å². The molecule has 0 saturated carbocycles. The number of aromatic amines is 1. The van der Waals surface area contributed by atoms with Crippen LogP contribution in [0.5, 0.6) is 0 Å². The molecule has 2 aromatic heterocycles. The maximum atomic E-state index is 13.5. The lowest BCUT2D eigenvalue weighted by Gasteiger charge is -2.35. The van der Waals surface area contributed by atoms with Crippen molar-refractivity contribution in [1.29, 1.82) is 0 Å². The molecule has 1 aliphatic rings. The number of fused-ring (bicyclic) bond motifs is 2. The Bertz CT molecular complexity index is 1470. The summed E-state index contributed by atoms with van der Waals surface area (Å²) in [5.74, 6) is 0.414. The SMILES string of the molecule is Nc1nc(NC2Cc3ccccc3N(S(=O)(=O)c3ccc(C(F)(F)F)cc3)C2)c2cn[nH]c2n1. The number of H-pyrrole nitrogens is 1. The van der Waals surface area contributed by atoms with E-state index in [1.54, 1.807) is 24.3 Å². The van der Waals surface area contributed by atoms with Gasteiger partial charge in [-0.05, 0) is 42.3 Å². The first-order valence-electron chi connectivity index (χ1n) is 10.1. The van der Waals surface area contributed by atoms with E-state index in [0.29, 0.717) is 29.0 Å². The second-order valence-corrected chi connectivity index (χ2v) is 9.66. The predicted octanol–water partition coefficient (Wildman–Crippen LogP) is 3.19. The fourth-order valence-corrected chi connectivity index (χ4v) is 5.53. The molecule has 3 heterocycles. The molecule has 0 amide bonds. The van der Waals surface area contributed by atoms with Crippen LogP contribution in [0.25, 0.3) is 11.0 Å². The molecule has 0 bridgehead atoms. The zero-order valence-electron chi connectivity index (χ0n) is 17.4. The number of benzene rings is 2. The highest BCUT2D eigenvalue weighted by molar-refractivity contribution is 7.92. The third-order valence-corrected chi connectivity index (χ3v) is 7.34. The molecule has 4 N–H and O–H groups in total. The van der Waals surface area contributed by atoms with Crippen LogP contribution in [-0.4, -0.2) is 41.2 Å². The smallest absolute Gasteiger partial charge is 0.368 e. The minimum atomic E-state index is -4.56. The Hall–Kier alpha value is -3.87. The van der Waals surface area contributed by atoms with Gasteiger partial charge in [0, 0.05) is 0 Å². The summed E-state index contributed by atoms with van der Waals surface area (Å²) in [6, 6.07) is 10.0. The molecule has 9 nitrogen and oxygen atoms in total. The summed E-state index contributed by atoms with van der Waals surface area (Å²) in [6.45, 7) is 0.0175. The third kappa shape index (κ3) is 3.87. The molecule has 4 aromatic rings. The van der Waals surface area contributed by atoms with Crippen molar-refractivity contribution in [1.82, 2.24) is 20.2 Å². The molecule has 0 radical (unpaired) electrons. The summed E-state index contributed by atoms with van der Waals surface area (Å²) in [6.07, 6.45) is -2.55. The van der Waals surface area contributed by atoms with Crippen molar-refractivity contribution in [2.75, 3.05) is 21.9 Å². The molecule has 0 aliphatic carbocycles. The molecule has 34 heavy (non-hydrogen) atoms. The van der Waals surface area contributed by atoms with E-state index in [1.807, 2.05) is 0 Å². The van der Waals surface area contributed by atoms with Crippen LogP contribution in [0.3, 0.4) is 0 Å². The van der Waals surface area contributed by atoms with E-state index in [4.69, 9.17) is 5.73 Å². The number of hydrogen-bond acceptors (Lipinski definition) is 7. The van der Waals surface area contributed by atoms with Crippen LogP contribution in [0.15, 0.2) is 59.6 Å². The lowest BCUT2D eigenvalue weighted by atomic mass is 9.99. The summed E-state index contributed by atoms with van der Waals surface area (Å²) in [5, 5.41) is 10.5. The van der Waals surface area contributed by atoms with Gasteiger partial charge in [-0.1, -0.05) is 18.2 Å². The Kier molecular flexibility index (Phi) is 5.08. The second-order valence-electron chi connectivity index (χ2n) is 7.80. The number of nitrogen functional groups attached to an aromatic ring is 1. The van der Waals surface area contributed by atoms with Gasteiger partial charge in [-0.15, -0.1) is 0 Å². The van der Waals surface area contributed by atoms with Gasteiger partial charge in [-0.25, -0.2) is 8.42 Å². The van der Waals surface area contributed by atoms with Crippen molar-refractivity contribution >= 4 is 38.5 Å². The fourth-order valence-electron chi connectivity index (χ4n) is 3.98. The van der Waals surface area contributed by atoms with Crippen LogP contribution < -0.4 is 15.4 Å². The molecule has 0 saturated heterocycles. The Morgan fingerprint density at radius 2 is 1.82 bits per heavy atom. The second kappa shape index (κ2) is 7.87. The van der Waals surface area contributed by atoms with Crippen molar-refractivity contribution in [2.45, 2.75) is 23.5 Å². The van der Waals surface area contributed by atoms with E-state index in [9.17, 15) is 21.6 Å². The van der Waals surface area contributed by atoms with Gasteiger partial charge in [-0.2, -0.15) is 28.2 Å². The number of halogens is 3. The van der Waals surface area contributed by atoms with Gasteiger partial charge < -0.3 is 11.1 Å². The highest BCUT2D eigenvalue weighted by atomic mass is 32.2. The average Bonchev–Trinajstić information content (AvgIpc) is 3.27. The maximum Gasteiger partial charge on any atom is 0.416 e. The Morgan fingerprint density at radius 3 is 2.56 bits per heavy atom. The van der Waals surface area contributed by atoms with E-state index in [2.05, 4.69) is 25.5 Å². The molecular formula is C21H18F3N7O2S. The monoisotopic (exact) mass is 489 g/mol. The summed E-state index contributed by atoms with van der Waals surface area (Å²) < 4.78 is 67.0. The fraction of sp³-hybridized carbons (Fsp3) is 0.190. The van der Waals surface area contributed by atoms with Gasteiger partial charge in [0.2, 0.25) is 5.95 Å². The highest BCUT2D eigenvalue weighted by Gasteiger charge is 2.35. The molecular weight excluding hydrogens is 471 g/mol. The van der Waals surface area contributed by atoms with Gasteiger partial charge in [-0.3, -0.25) is 9.40 Å². The maximum absolute atomic E-state index is 13.5. The lowest BCUT2D eigenvalue weighted by molar-refractivity contribution is -0.137. The molecule has 5 rings (SSSR count). The van der Waals surface area contributed by atoms with Crippen molar-refractivity contribution < 1.29 is 21.6 Å². The number of anilines is 3. The first-order valence-corrected chi connectivity index (χ1v) is 11.6. The standard InChI is InChI=1S/C21H18F3N7O2S/c22-21(23,24)13-5-7-15(8-6-13)34(32,33)31-11-14(9-12-3-1-2-4-17(12)31)27-18-16-10-26-30-19(16)29-20(25)28-18/h1-8,10,14H,9,11H2,(H4,25,26,27,28,29,30). The first-order chi connectivity index (χ1) is 16.1. The molecule has 0 fully saturated rings. The summed E-state index contributed by atoms with van der Waals surface area (Å²) in [5.41, 5.74) is 6.52. The van der Waals surface area contributed by atoms with Gasteiger partial charge >= 0.3 is 6.18 Å². The number of rotatable bonds is 4. The highest BCUT2D eigenvalue weighted by Crippen LogP contribution is 2.35. The number of nitrogens with zero attached hydrogens (tertiary/aromatic N) is 4. The number of hydrogen-bond donors (Lipinski definition) is 3. The zero-order valence-corrected chi connectivity index (χ0v) is 18.2. The molecule has 2 aromatic carbocycles. The van der Waals surface area contributed by atoms with Gasteiger partial charge in [0.1, 0.15) is 5.82 Å². The number of aromatic nitrogens is 4. The van der Waals surface area contributed by atoms with Gasteiger partial charge in [0.05, 0.1) is 40.3 Å². The minimum Gasteiger partial charge on any atom is -0.368 e. The number of nitrogens with one attached hydrogen (secondary N) is 2. The van der Waals surface area contributed by atoms with Crippen LogP contribution >= 0.6 is 0 Å². The van der Waals surface area contributed by atoms with E-state index < -0.39 is 27.8 Å². The predicted molar refractivity (Wildman–Crippen MR) is 120 cm³/mol. The normalized spacial score (nSPS) is 16.4. The van der Waals surface area contributed by atoms with E-state index in [0.717, 1.165) is 29.8 Å². The number of sulfonamides is 1. The van der Waals surface area contributed by atoms with Crippen molar-refractivity contribution in [2.24, 2.45) is 0 Å². The van der Waals surface area contributed by atoms with E-state index in [1.165, 1.54) is 10.5 Å². The van der Waals surface area contributed by atoms with Gasteiger partial charge in [0.25, 0.3) is 10.0 Å². The Labute approximate surface area is 191 Å². The van der Waals surface area contributed by atoms with Crippen LogP contribution in [-0.2, 0) is 22.6 Å². The molecule has 0 spiro atoms. The number of nitrogens with two attached hydrogens (primary N) is 1. The Morgan fingerprint density at radius 1 is 1.09 bits per heavy atom. The third-order valence-electron chi connectivity index (χ3n) is 5.55. The quantitative estimate of drug-likeness (QED) is 0.401. The first kappa shape index (κ1) is 21.9. The topological polar surface area (TPSA) is 130 Å². The Balaban J connectivity index is 1.51. The summed E-state index contributed by atoms with van der Waals surface area (Å²) in [4.78, 5) is 8.05. The summed E-state index contributed by atoms with van der Waals surface area (Å²) in [7, 11) is -4.15. The van der Waals surface area contributed by atoms with Crippen molar-refractivity contribution in [3.8, 4) is 0 Å². The average molecular weight is 489 g/mol. The molecule has 1 unspecified atom stereocenters. The van der Waals surface area contributed by atoms with Crippen molar-refractivity contribution in [3.05, 3.63) is 65.9 Å². The molecule has 176 valence electrons. The molecule has 13 heteroatoms. The van der Waals surface area contributed by atoms with Crippen LogP contribution in [0, 0.1) is 0 Å². The van der Waals surface area contributed by atoms with E-state index >= 15 is 0 Å². The van der Waals surface area contributed by atoms with Gasteiger partial charge in [0.15, 0.2) is 5.65 Å². The number of para-hydroxylation sites is 1. The minimum absolute atomic E-state index is 0.0175. The molecule has 1 aliphatic heterocycles. The lowest BCUT2D eigenvalue weighted by Crippen LogP contribution is -2.45. The van der Waals surface area contributed by atoms with Crippen LogP contribution in [0.1, 0.15) is 11.1 Å². The molecule has 1 atom stereocenters.